The van der Waals surface area contributed by atoms with E-state index in [-0.39, 0.29) is 105 Å². The third-order valence-electron chi connectivity index (χ3n) is 24.3. The quantitative estimate of drug-likeness (QED) is 0.00730. The molecule has 2 rings (SSSR count). The van der Waals surface area contributed by atoms with Gasteiger partial charge in [-0.1, -0.05) is 357 Å². The van der Waals surface area contributed by atoms with Crippen molar-refractivity contribution in [3.05, 3.63) is 41.2 Å². The van der Waals surface area contributed by atoms with E-state index in [2.05, 4.69) is 103 Å². The number of carboxylic acid groups (broad SMARTS) is 3. The number of nitrogens with one attached hydrogen (secondary N) is 1. The number of alkyl halides is 1. The Balaban J connectivity index is -0.000000230. The number of carboxylic acids is 3. The molecule has 776 valence electrons. The number of ether oxygens (including phenoxy) is 3. The molecule has 26 heteroatoms. The van der Waals surface area contributed by atoms with Gasteiger partial charge in [0.05, 0.1) is 42.7 Å². The summed E-state index contributed by atoms with van der Waals surface area (Å²) < 4.78 is 13.8. The first kappa shape index (κ1) is 136. The normalized spacial score (nSPS) is 14.5. The molecule has 1 saturated heterocycles. The number of amides is 6. The highest BCUT2D eigenvalue weighted by Crippen LogP contribution is 2.32. The Kier molecular flexibility index (Phi) is 103. The maximum Gasteiger partial charge on any atom is 0.597 e. The molecule has 0 aromatic heterocycles. The van der Waals surface area contributed by atoms with E-state index >= 15 is 0 Å². The summed E-state index contributed by atoms with van der Waals surface area (Å²) in [6.07, 6.45) is 61.2. The molecule has 1 aromatic carbocycles. The van der Waals surface area contributed by atoms with Crippen LogP contribution in [0.15, 0.2) is 36.4 Å². The van der Waals surface area contributed by atoms with Crippen LogP contribution in [0, 0.1) is 90.1 Å². The third-order valence-corrected chi connectivity index (χ3v) is 24.7. The van der Waals surface area contributed by atoms with Crippen LogP contribution >= 0.6 is 11.6 Å². The number of nitrogens with two attached hydrogens (primary N) is 5. The van der Waals surface area contributed by atoms with Gasteiger partial charge in [-0.3, -0.25) is 52.7 Å². The number of primary amides is 4. The van der Waals surface area contributed by atoms with Crippen molar-refractivity contribution in [3.8, 4) is 19.1 Å². The van der Waals surface area contributed by atoms with Crippen molar-refractivity contribution >= 4 is 83.0 Å². The number of carbonyl (C=O) groups is 12. The van der Waals surface area contributed by atoms with E-state index in [1.807, 2.05) is 36.4 Å². The van der Waals surface area contributed by atoms with Crippen molar-refractivity contribution in [2.75, 3.05) is 25.6 Å². The van der Waals surface area contributed by atoms with Crippen LogP contribution in [0.1, 0.15) is 459 Å². The van der Waals surface area contributed by atoms with Gasteiger partial charge in [-0.25, -0.2) is 5.32 Å². The molecular formula is C107H199ClN7O18+. The Bertz CT molecular complexity index is 2910. The monoisotopic (exact) mass is 1910 g/mol. The van der Waals surface area contributed by atoms with Crippen molar-refractivity contribution in [1.82, 2.24) is 5.32 Å². The number of cyclic esters (lactones) is 2. The third kappa shape index (κ3) is 88.1. The molecule has 14 N–H and O–H groups in total. The Labute approximate surface area is 815 Å². The van der Waals surface area contributed by atoms with Crippen LogP contribution in [0.4, 0.5) is 4.79 Å². The van der Waals surface area contributed by atoms with Gasteiger partial charge in [-0.2, -0.15) is 4.79 Å². The fourth-order valence-corrected chi connectivity index (χ4v) is 16.1. The summed E-state index contributed by atoms with van der Waals surface area (Å²) in [5, 5.41) is 30.3. The Morgan fingerprint density at radius 2 is 0.669 bits per heavy atom. The molecular weight excluding hydrogens is 1710 g/mol. The number of unbranched alkanes of at least 4 members (excludes halogenated alkanes) is 24. The maximum absolute atomic E-state index is 11.6. The summed E-state index contributed by atoms with van der Waals surface area (Å²) >= 11 is 6.00. The first-order valence-electron chi connectivity index (χ1n) is 52.2. The Morgan fingerprint density at radius 3 is 0.947 bits per heavy atom. The number of urea groups is 1. The van der Waals surface area contributed by atoms with Crippen LogP contribution in [0.5, 0.6) is 0 Å². The lowest BCUT2D eigenvalue weighted by Crippen LogP contribution is -2.34. The fourth-order valence-electron chi connectivity index (χ4n) is 15.8. The van der Waals surface area contributed by atoms with E-state index in [9.17, 15) is 72.9 Å². The number of hydrogen-bond acceptors (Lipinski definition) is 16. The number of benzene rings is 1. The number of esters is 4. The second-order valence-electron chi connectivity index (χ2n) is 36.2. The van der Waals surface area contributed by atoms with E-state index in [0.29, 0.717) is 75.9 Å². The average molecular weight is 1910 g/mol. The van der Waals surface area contributed by atoms with Gasteiger partial charge in [0.1, 0.15) is 12.7 Å². The van der Waals surface area contributed by atoms with Crippen LogP contribution in [-0.2, 0) is 67.0 Å². The number of carbonyl (C=O) groups excluding carboxylic acids is 9. The fraction of sp³-hybridized carbons (Fsp3) is 0.804. The van der Waals surface area contributed by atoms with E-state index in [1.165, 1.54) is 64.2 Å². The lowest BCUT2D eigenvalue weighted by Gasteiger charge is -2.26. The van der Waals surface area contributed by atoms with Crippen LogP contribution in [0.3, 0.4) is 0 Å². The van der Waals surface area contributed by atoms with E-state index in [4.69, 9.17) is 58.0 Å². The maximum atomic E-state index is 11.6. The predicted molar refractivity (Wildman–Crippen MR) is 548 cm³/mol. The van der Waals surface area contributed by atoms with E-state index in [0.717, 1.165) is 244 Å². The number of rotatable bonds is 74. The number of hydrogen-bond donors (Lipinski definition) is 9. The second kappa shape index (κ2) is 100. The molecule has 6 amide bonds. The van der Waals surface area contributed by atoms with Crippen molar-refractivity contribution < 1.29 is 89.9 Å². The van der Waals surface area contributed by atoms with Gasteiger partial charge in [0.25, 0.3) is 0 Å². The highest BCUT2D eigenvalue weighted by atomic mass is 35.5. The summed E-state index contributed by atoms with van der Waals surface area (Å²) in [5.74, 6) is -4.75. The largest absolute Gasteiger partial charge is 0.597 e. The van der Waals surface area contributed by atoms with Crippen molar-refractivity contribution in [2.24, 2.45) is 99.7 Å². The zero-order chi connectivity index (χ0) is 101. The van der Waals surface area contributed by atoms with E-state index in [1.54, 1.807) is 13.0 Å². The lowest BCUT2D eigenvalue weighted by atomic mass is 9.85. The molecule has 1 aromatic rings. The Hall–Kier alpha value is -7.64. The Morgan fingerprint density at radius 1 is 0.406 bits per heavy atom. The van der Waals surface area contributed by atoms with Gasteiger partial charge in [0.15, 0.2) is 0 Å². The number of terminal acetylenes is 1. The molecule has 0 radical (unpaired) electrons. The van der Waals surface area contributed by atoms with Crippen LogP contribution < -0.4 is 34.0 Å². The van der Waals surface area contributed by atoms with Crippen molar-refractivity contribution in [3.63, 3.8) is 0 Å². The molecule has 1 aliphatic rings. The molecule has 25 nitrogen and oxygen atoms in total. The van der Waals surface area contributed by atoms with E-state index < -0.39 is 47.7 Å². The molecule has 12 atom stereocenters. The number of halogens is 1. The van der Waals surface area contributed by atoms with Crippen LogP contribution in [0.25, 0.3) is 4.85 Å². The number of aliphatic carboxylic acids is 3. The number of nitrogens with zero attached hydrogens (tertiary/aromatic N) is 1. The minimum absolute atomic E-state index is 0. The zero-order valence-electron chi connectivity index (χ0n) is 85.9. The van der Waals surface area contributed by atoms with Crippen molar-refractivity contribution in [1.29, 1.82) is 0 Å². The van der Waals surface area contributed by atoms with Crippen molar-refractivity contribution in [2.45, 2.75) is 456 Å². The summed E-state index contributed by atoms with van der Waals surface area (Å²) in [7, 11) is 0. The summed E-state index contributed by atoms with van der Waals surface area (Å²) in [4.78, 5) is 139. The van der Waals surface area contributed by atoms with Crippen LogP contribution in [0.2, 0.25) is 0 Å². The average Bonchev–Trinajstić information content (AvgIpc) is 0.839. The van der Waals surface area contributed by atoms with Gasteiger partial charge in [0, 0.05) is 45.2 Å². The lowest BCUT2D eigenvalue weighted by molar-refractivity contribution is -0.172. The summed E-state index contributed by atoms with van der Waals surface area (Å²) in [6.45, 7) is 33.9. The molecule has 0 saturated carbocycles. The van der Waals surface area contributed by atoms with Gasteiger partial charge in [0.2, 0.25) is 23.6 Å². The molecule has 1 heterocycles. The molecule has 0 aliphatic carbocycles. The topological polar surface area (TPSA) is 440 Å². The van der Waals surface area contributed by atoms with Gasteiger partial charge < -0.3 is 58.2 Å². The minimum atomic E-state index is -0.849. The standard InChI is InChI=1S/C17H31N3O2.C15H30ClNO.C15H32N2O.C15H29NO3.C15H28O4.C15H26O3.C9H12O4.C6H6.2H2/c1-4-6-8-10-14(13-20-17(22)19-3)12-15(16(18)21)11-9-7-5-2;2*1-3-5-7-9-13(12-16)11-14(15(17)18)10-8-6-4-2;2*1-3-5-7-9-12(14(16)17)11-13(15(18)19)10-8-6-4-2;1-3-5-7-9-12-11-13(10-8-6-4-2)15(17)18-14(12)16;1-3-12-8(10)6-5-7-9(11)13-4-2;1-2-4-6-5-3-1;;/h3,14-15H,4-13H2,1-2H3,(H2-,18,20,21,22);13-14H,3-12H2,1-2H3,(H2,17,18);13-14H,3-12,16H2,1-2H3,(H2,17,18);12-13H,3-11H2,1-2H3,(H2,16,17)(H,18,19);12-13H,3-11H2,1-2H3,(H,16,17)(H,18,19);12-13H,3-11H2,1-2H3;1H,4-7H2,2H3;1-6H;2*1H/p+1/t14-,15?;;13-,14?;2*12-,13?;;;;;/m0.000...../s1. The zero-order valence-corrected chi connectivity index (χ0v) is 86.6. The minimum Gasteiger partial charge on any atom is -0.481 e. The second-order valence-corrected chi connectivity index (χ2v) is 36.5. The SMILES string of the molecule is C#COC(=O)CCCC(=O)OCC.C#[N+]C(=O)NC[C@@H](CCCCC)CC(CCCCC)C(N)=O.CCCCCC(CCl)CC(CCCCC)C(N)=O.CCCCCC(C[C@@H](CN)CCCCC)C(N)=O.CCCCCC(C[C@H](CCCCC)C(=O)O)C(=O)O.CCCCCC(C[C@H](CCCCC)C(N)=O)C(=O)O.CCCCCC1CC(CCCCC)C(=O)OC1=O.[HH].[HH].c1ccccc1. The molecule has 8 unspecified atom stereocenters. The molecule has 133 heavy (non-hydrogen) atoms. The summed E-state index contributed by atoms with van der Waals surface area (Å²) in [5.41, 5.74) is 27.7. The van der Waals surface area contributed by atoms with Crippen LogP contribution in [-0.4, -0.2) is 112 Å². The highest BCUT2D eigenvalue weighted by Gasteiger charge is 2.36. The first-order valence-corrected chi connectivity index (χ1v) is 52.7. The summed E-state index contributed by atoms with van der Waals surface area (Å²) in [6, 6.07) is 11.5. The highest BCUT2D eigenvalue weighted by molar-refractivity contribution is 6.18. The molecule has 0 bridgehead atoms. The predicted octanol–water partition coefficient (Wildman–Crippen LogP) is 25.8. The molecule has 1 aliphatic heterocycles. The smallest absolute Gasteiger partial charge is 0.481 e. The van der Waals surface area contributed by atoms with Gasteiger partial charge >= 0.3 is 47.8 Å². The molecule has 0 spiro atoms. The van der Waals surface area contributed by atoms with Gasteiger partial charge in [-0.15, -0.1) is 16.4 Å². The molecule has 1 fully saturated rings. The first-order chi connectivity index (χ1) is 63.8. The van der Waals surface area contributed by atoms with Gasteiger partial charge in [-0.05, 0) is 153 Å².